The molecule has 2 fully saturated rings. The average molecular weight is 434 g/mol. The molecule has 0 saturated carbocycles. The minimum atomic E-state index is -0.455. The smallest absolute Gasteiger partial charge is 0.283 e. The molecule has 3 rings (SSSR count). The number of hydrogen-bond acceptors (Lipinski definition) is 5. The monoisotopic (exact) mass is 433 g/mol. The van der Waals surface area contributed by atoms with Crippen LogP contribution in [0.2, 0.25) is 0 Å². The van der Waals surface area contributed by atoms with Crippen LogP contribution in [0.5, 0.6) is 0 Å². The Morgan fingerprint density at radius 1 is 1.17 bits per heavy atom. The number of carbonyl (C=O) groups is 2. The van der Waals surface area contributed by atoms with Crippen molar-refractivity contribution in [1.29, 1.82) is 0 Å². The van der Waals surface area contributed by atoms with Gasteiger partial charge in [-0.1, -0.05) is 13.8 Å². The van der Waals surface area contributed by atoms with E-state index < -0.39 is 11.0 Å². The molecule has 8 heteroatoms. The molecule has 164 valence electrons. The third-order valence-electron chi connectivity index (χ3n) is 5.82. The van der Waals surface area contributed by atoms with Gasteiger partial charge in [0, 0.05) is 31.3 Å². The van der Waals surface area contributed by atoms with Crippen LogP contribution in [0.3, 0.4) is 0 Å². The Kier molecular flexibility index (Phi) is 7.75. The zero-order valence-electron chi connectivity index (χ0n) is 17.8. The summed E-state index contributed by atoms with van der Waals surface area (Å²) in [6.45, 7) is 6.27. The lowest BCUT2D eigenvalue weighted by molar-refractivity contribution is -0.387. The van der Waals surface area contributed by atoms with Crippen LogP contribution in [-0.4, -0.2) is 58.0 Å². The molecule has 1 atom stereocenters. The number of carbonyl (C=O) groups excluding carboxylic acids is 2. The maximum atomic E-state index is 13.2. The Labute approximate surface area is 182 Å². The summed E-state index contributed by atoms with van der Waals surface area (Å²) in [6.07, 6.45) is 5.41. The second kappa shape index (κ2) is 10.3. The Hall–Kier alpha value is -2.09. The third-order valence-corrected chi connectivity index (χ3v) is 6.92. The van der Waals surface area contributed by atoms with Crippen LogP contribution in [0.25, 0.3) is 0 Å². The van der Waals surface area contributed by atoms with Crippen molar-refractivity contribution in [3.63, 3.8) is 0 Å². The molecule has 2 aliphatic rings. The van der Waals surface area contributed by atoms with Gasteiger partial charge < -0.3 is 9.80 Å². The van der Waals surface area contributed by atoms with Crippen LogP contribution in [0.1, 0.15) is 62.7 Å². The van der Waals surface area contributed by atoms with Crippen LogP contribution in [0.4, 0.5) is 5.69 Å². The van der Waals surface area contributed by atoms with Gasteiger partial charge >= 0.3 is 0 Å². The molecule has 0 spiro atoms. The standard InChI is InChI=1S/C22H31N3O4S/c1-16(2)10-14-30-20-9-8-17(15-19(20)25(28)29)21(26)24-13-4-3-7-18(24)22(27)23-11-5-6-12-23/h8-9,15-16,18H,3-7,10-14H2,1-2H3. The molecule has 2 amide bonds. The van der Waals surface area contributed by atoms with Crippen molar-refractivity contribution in [2.75, 3.05) is 25.4 Å². The number of rotatable bonds is 7. The molecule has 30 heavy (non-hydrogen) atoms. The first-order valence-electron chi connectivity index (χ1n) is 10.9. The van der Waals surface area contributed by atoms with Gasteiger partial charge in [-0.15, -0.1) is 11.8 Å². The summed E-state index contributed by atoms with van der Waals surface area (Å²) in [5, 5.41) is 11.6. The SMILES string of the molecule is CC(C)CCSc1ccc(C(=O)N2CCCCC2C(=O)N2CCCC2)cc1[N+](=O)[O-]. The van der Waals surface area contributed by atoms with Crippen molar-refractivity contribution in [3.8, 4) is 0 Å². The molecule has 1 aromatic rings. The lowest BCUT2D eigenvalue weighted by Crippen LogP contribution is -2.52. The van der Waals surface area contributed by atoms with Crippen molar-refractivity contribution in [3.05, 3.63) is 33.9 Å². The quantitative estimate of drug-likeness (QED) is 0.363. The summed E-state index contributed by atoms with van der Waals surface area (Å²) in [7, 11) is 0. The molecular weight excluding hydrogens is 402 g/mol. The molecule has 2 aliphatic heterocycles. The summed E-state index contributed by atoms with van der Waals surface area (Å²) >= 11 is 1.45. The number of benzene rings is 1. The Bertz CT molecular complexity index is 793. The van der Waals surface area contributed by atoms with Gasteiger partial charge in [0.1, 0.15) is 6.04 Å². The lowest BCUT2D eigenvalue weighted by atomic mass is 9.99. The topological polar surface area (TPSA) is 83.8 Å². The van der Waals surface area contributed by atoms with E-state index in [0.29, 0.717) is 23.8 Å². The highest BCUT2D eigenvalue weighted by atomic mass is 32.2. The highest BCUT2D eigenvalue weighted by molar-refractivity contribution is 7.99. The number of hydrogen-bond donors (Lipinski definition) is 0. The minimum Gasteiger partial charge on any atom is -0.341 e. The van der Waals surface area contributed by atoms with Gasteiger partial charge in [0.15, 0.2) is 0 Å². The van der Waals surface area contributed by atoms with E-state index in [1.54, 1.807) is 17.0 Å². The normalized spacial score (nSPS) is 19.4. The average Bonchev–Trinajstić information content (AvgIpc) is 3.27. The number of nitrogens with zero attached hydrogens (tertiary/aromatic N) is 3. The summed E-state index contributed by atoms with van der Waals surface area (Å²) in [4.78, 5) is 41.5. The van der Waals surface area contributed by atoms with E-state index in [1.165, 1.54) is 17.8 Å². The van der Waals surface area contributed by atoms with E-state index >= 15 is 0 Å². The van der Waals surface area contributed by atoms with Crippen LogP contribution >= 0.6 is 11.8 Å². The first kappa shape index (κ1) is 22.6. The van der Waals surface area contributed by atoms with E-state index in [4.69, 9.17) is 0 Å². The maximum absolute atomic E-state index is 13.2. The van der Waals surface area contributed by atoms with Gasteiger partial charge in [-0.3, -0.25) is 19.7 Å². The van der Waals surface area contributed by atoms with E-state index in [1.807, 2.05) is 4.90 Å². The first-order chi connectivity index (χ1) is 14.4. The first-order valence-corrected chi connectivity index (χ1v) is 11.9. The summed E-state index contributed by atoms with van der Waals surface area (Å²) < 4.78 is 0. The van der Waals surface area contributed by atoms with Crippen LogP contribution in [0, 0.1) is 16.0 Å². The molecule has 7 nitrogen and oxygen atoms in total. The molecule has 1 aromatic carbocycles. The Morgan fingerprint density at radius 2 is 1.87 bits per heavy atom. The molecule has 0 radical (unpaired) electrons. The molecule has 1 unspecified atom stereocenters. The van der Waals surface area contributed by atoms with Gasteiger partial charge in [0.25, 0.3) is 11.6 Å². The predicted molar refractivity (Wildman–Crippen MR) is 118 cm³/mol. The van der Waals surface area contributed by atoms with E-state index in [2.05, 4.69) is 13.8 Å². The van der Waals surface area contributed by atoms with Crippen molar-refractivity contribution in [2.24, 2.45) is 5.92 Å². The summed E-state index contributed by atoms with van der Waals surface area (Å²) in [6, 6.07) is 4.27. The molecule has 0 aromatic heterocycles. The van der Waals surface area contributed by atoms with Gasteiger partial charge in [0.2, 0.25) is 5.91 Å². The van der Waals surface area contributed by atoms with Crippen molar-refractivity contribution in [1.82, 2.24) is 9.80 Å². The van der Waals surface area contributed by atoms with Crippen LogP contribution < -0.4 is 0 Å². The predicted octanol–water partition coefficient (Wildman–Crippen LogP) is 4.35. The molecule has 0 bridgehead atoms. The minimum absolute atomic E-state index is 0.0240. The summed E-state index contributed by atoms with van der Waals surface area (Å²) in [5.41, 5.74) is 0.255. The zero-order valence-corrected chi connectivity index (χ0v) is 18.7. The molecule has 2 heterocycles. The highest BCUT2D eigenvalue weighted by Crippen LogP contribution is 2.32. The second-order valence-electron chi connectivity index (χ2n) is 8.51. The number of likely N-dealkylation sites (tertiary alicyclic amines) is 2. The van der Waals surface area contributed by atoms with E-state index in [-0.39, 0.29) is 23.1 Å². The lowest BCUT2D eigenvalue weighted by Gasteiger charge is -2.36. The van der Waals surface area contributed by atoms with Crippen molar-refractivity contribution in [2.45, 2.75) is 63.3 Å². The van der Waals surface area contributed by atoms with Crippen molar-refractivity contribution < 1.29 is 14.5 Å². The third kappa shape index (κ3) is 5.33. The van der Waals surface area contributed by atoms with Gasteiger partial charge in [-0.25, -0.2) is 0 Å². The highest BCUT2D eigenvalue weighted by Gasteiger charge is 2.36. The number of amides is 2. The molecule has 2 saturated heterocycles. The largest absolute Gasteiger partial charge is 0.341 e. The number of piperidine rings is 1. The zero-order chi connectivity index (χ0) is 21.7. The van der Waals surface area contributed by atoms with Gasteiger partial charge in [0.05, 0.1) is 9.82 Å². The van der Waals surface area contributed by atoms with Crippen LogP contribution in [0.15, 0.2) is 23.1 Å². The number of nitro groups is 1. The fourth-order valence-corrected chi connectivity index (χ4v) is 5.32. The second-order valence-corrected chi connectivity index (χ2v) is 9.65. The van der Waals surface area contributed by atoms with Crippen molar-refractivity contribution >= 4 is 29.3 Å². The fraction of sp³-hybridized carbons (Fsp3) is 0.636. The molecule has 0 aliphatic carbocycles. The maximum Gasteiger partial charge on any atom is 0.283 e. The van der Waals surface area contributed by atoms with E-state index in [0.717, 1.165) is 50.9 Å². The van der Waals surface area contributed by atoms with Gasteiger partial charge in [-0.2, -0.15) is 0 Å². The molecular formula is C22H31N3O4S. The Morgan fingerprint density at radius 3 is 2.53 bits per heavy atom. The van der Waals surface area contributed by atoms with E-state index in [9.17, 15) is 19.7 Å². The summed E-state index contributed by atoms with van der Waals surface area (Å²) in [5.74, 6) is 1.07. The number of thioether (sulfide) groups is 1. The van der Waals surface area contributed by atoms with Crippen LogP contribution in [-0.2, 0) is 4.79 Å². The molecule has 0 N–H and O–H groups in total. The Balaban J connectivity index is 1.79. The van der Waals surface area contributed by atoms with Gasteiger partial charge in [-0.05, 0) is 62.3 Å². The number of nitro benzene ring substituents is 1. The fourth-order valence-electron chi connectivity index (χ4n) is 4.07.